The summed E-state index contributed by atoms with van der Waals surface area (Å²) in [6.07, 6.45) is 0.517. The highest BCUT2D eigenvalue weighted by Gasteiger charge is 2.18. The van der Waals surface area contributed by atoms with E-state index in [-0.39, 0.29) is 18.5 Å². The molecule has 0 heterocycles. The Morgan fingerprint density at radius 2 is 1.25 bits per heavy atom. The monoisotopic (exact) mass is 424 g/mol. The van der Waals surface area contributed by atoms with Gasteiger partial charge in [0.05, 0.1) is 17.7 Å². The predicted octanol–water partition coefficient (Wildman–Crippen LogP) is 5.86. The molecule has 1 unspecified atom stereocenters. The summed E-state index contributed by atoms with van der Waals surface area (Å²) in [6, 6.07) is 32.1. The first-order valence-electron chi connectivity index (χ1n) is 10.6. The molecule has 32 heavy (non-hydrogen) atoms. The number of carbonyl (C=O) groups is 2. The van der Waals surface area contributed by atoms with Crippen LogP contribution >= 0.6 is 0 Å². The molecule has 4 heteroatoms. The van der Waals surface area contributed by atoms with Gasteiger partial charge in [-0.1, -0.05) is 78.9 Å². The number of hydrogen-bond acceptors (Lipinski definition) is 4. The number of fused-ring (bicyclic) bond motifs is 1. The van der Waals surface area contributed by atoms with E-state index in [1.54, 1.807) is 48.5 Å². The topological polar surface area (TPSA) is 52.6 Å². The van der Waals surface area contributed by atoms with E-state index < -0.39 is 6.10 Å². The Bertz CT molecular complexity index is 1190. The van der Waals surface area contributed by atoms with Crippen LogP contribution in [0.4, 0.5) is 0 Å². The fourth-order valence-corrected chi connectivity index (χ4v) is 3.57. The molecule has 160 valence electrons. The van der Waals surface area contributed by atoms with Gasteiger partial charge in [0.1, 0.15) is 6.10 Å². The van der Waals surface area contributed by atoms with Crippen LogP contribution in [0.1, 0.15) is 32.7 Å². The van der Waals surface area contributed by atoms with Gasteiger partial charge in [-0.25, -0.2) is 9.59 Å². The van der Waals surface area contributed by atoms with Crippen molar-refractivity contribution in [2.24, 2.45) is 0 Å². The Hall–Kier alpha value is -3.92. The average Bonchev–Trinajstić information content (AvgIpc) is 2.85. The van der Waals surface area contributed by atoms with E-state index in [0.717, 1.165) is 16.3 Å². The highest BCUT2D eigenvalue weighted by molar-refractivity contribution is 5.90. The third-order valence-electron chi connectivity index (χ3n) is 5.24. The Labute approximate surface area is 187 Å². The third kappa shape index (κ3) is 5.61. The van der Waals surface area contributed by atoms with Crippen LogP contribution in [0.25, 0.3) is 10.8 Å². The fraction of sp³-hybridized carbons (Fsp3) is 0.143. The number of esters is 2. The smallest absolute Gasteiger partial charge is 0.338 e. The van der Waals surface area contributed by atoms with Gasteiger partial charge in [-0.3, -0.25) is 0 Å². The molecule has 0 saturated heterocycles. The molecule has 1 atom stereocenters. The second-order valence-corrected chi connectivity index (χ2v) is 7.57. The van der Waals surface area contributed by atoms with Gasteiger partial charge < -0.3 is 9.47 Å². The highest BCUT2D eigenvalue weighted by atomic mass is 16.6. The zero-order valence-corrected chi connectivity index (χ0v) is 17.6. The van der Waals surface area contributed by atoms with Crippen LogP contribution in [0.15, 0.2) is 103 Å². The van der Waals surface area contributed by atoms with Gasteiger partial charge in [0, 0.05) is 12.8 Å². The summed E-state index contributed by atoms with van der Waals surface area (Å²) in [6.45, 7) is 0.161. The lowest BCUT2D eigenvalue weighted by Gasteiger charge is -2.19. The van der Waals surface area contributed by atoms with Gasteiger partial charge in [0.25, 0.3) is 0 Å². The summed E-state index contributed by atoms with van der Waals surface area (Å²) in [5, 5.41) is 2.29. The Kier molecular flexibility index (Phi) is 6.93. The quantitative estimate of drug-likeness (QED) is 0.333. The lowest BCUT2D eigenvalue weighted by atomic mass is 10.0. The van der Waals surface area contributed by atoms with Crippen molar-refractivity contribution in [3.8, 4) is 0 Å². The van der Waals surface area contributed by atoms with Crippen molar-refractivity contribution in [2.75, 3.05) is 6.61 Å². The lowest BCUT2D eigenvalue weighted by Crippen LogP contribution is -2.23. The van der Waals surface area contributed by atoms with E-state index in [1.165, 1.54) is 0 Å². The maximum atomic E-state index is 12.6. The van der Waals surface area contributed by atoms with Gasteiger partial charge in [-0.2, -0.15) is 0 Å². The van der Waals surface area contributed by atoms with Gasteiger partial charge in [-0.05, 0) is 40.6 Å². The van der Waals surface area contributed by atoms with Gasteiger partial charge >= 0.3 is 11.9 Å². The molecule has 0 spiro atoms. The summed E-state index contributed by atoms with van der Waals surface area (Å²) in [5.41, 5.74) is 2.06. The average molecular weight is 424 g/mol. The van der Waals surface area contributed by atoms with E-state index in [2.05, 4.69) is 24.3 Å². The molecule has 0 aliphatic carbocycles. The molecule has 4 rings (SSSR count). The van der Waals surface area contributed by atoms with Crippen LogP contribution in [-0.2, 0) is 15.9 Å². The maximum Gasteiger partial charge on any atom is 0.338 e. The van der Waals surface area contributed by atoms with Crippen LogP contribution in [0, 0.1) is 0 Å². The molecule has 0 aliphatic heterocycles. The first-order valence-corrected chi connectivity index (χ1v) is 10.6. The van der Waals surface area contributed by atoms with Crippen LogP contribution < -0.4 is 0 Å². The largest absolute Gasteiger partial charge is 0.462 e. The third-order valence-corrected chi connectivity index (χ3v) is 5.24. The Morgan fingerprint density at radius 1 is 0.656 bits per heavy atom. The summed E-state index contributed by atoms with van der Waals surface area (Å²) in [7, 11) is 0. The number of benzene rings is 4. The van der Waals surface area contributed by atoms with Crippen molar-refractivity contribution >= 4 is 22.7 Å². The van der Waals surface area contributed by atoms with E-state index in [9.17, 15) is 9.59 Å². The lowest BCUT2D eigenvalue weighted by molar-refractivity contribution is 0.0187. The van der Waals surface area contributed by atoms with Gasteiger partial charge in [0.2, 0.25) is 0 Å². The van der Waals surface area contributed by atoms with Crippen molar-refractivity contribution in [1.29, 1.82) is 0 Å². The minimum atomic E-state index is -0.424. The molecule has 0 amide bonds. The van der Waals surface area contributed by atoms with Crippen LogP contribution in [0.5, 0.6) is 0 Å². The van der Waals surface area contributed by atoms with Crippen molar-refractivity contribution in [2.45, 2.75) is 18.9 Å². The summed E-state index contributed by atoms with van der Waals surface area (Å²) >= 11 is 0. The van der Waals surface area contributed by atoms with Crippen LogP contribution in [-0.4, -0.2) is 24.6 Å². The zero-order valence-electron chi connectivity index (χ0n) is 17.6. The molecule has 0 radical (unpaired) electrons. The highest BCUT2D eigenvalue weighted by Crippen LogP contribution is 2.19. The van der Waals surface area contributed by atoms with E-state index in [4.69, 9.17) is 9.47 Å². The number of rotatable bonds is 8. The van der Waals surface area contributed by atoms with Crippen molar-refractivity contribution in [1.82, 2.24) is 0 Å². The van der Waals surface area contributed by atoms with Crippen LogP contribution in [0.3, 0.4) is 0 Å². The summed E-state index contributed by atoms with van der Waals surface area (Å²) in [5.74, 6) is -0.768. The molecule has 4 nitrogen and oxygen atoms in total. The van der Waals surface area contributed by atoms with Gasteiger partial charge in [0.15, 0.2) is 0 Å². The second-order valence-electron chi connectivity index (χ2n) is 7.57. The van der Waals surface area contributed by atoms with E-state index in [1.807, 2.05) is 30.3 Å². The SMILES string of the molecule is O=C(OCCC(Cc1ccc2ccccc2c1)OC(=O)c1ccccc1)c1ccccc1. The van der Waals surface area contributed by atoms with Gasteiger partial charge in [-0.15, -0.1) is 0 Å². The first-order chi connectivity index (χ1) is 15.7. The molecule has 0 N–H and O–H groups in total. The molecule has 0 aliphatic rings. The summed E-state index contributed by atoms with van der Waals surface area (Å²) in [4.78, 5) is 24.9. The maximum absolute atomic E-state index is 12.6. The summed E-state index contributed by atoms with van der Waals surface area (Å²) < 4.78 is 11.2. The Balaban J connectivity index is 1.45. The number of ether oxygens (including phenoxy) is 2. The normalized spacial score (nSPS) is 11.6. The van der Waals surface area contributed by atoms with E-state index >= 15 is 0 Å². The molecule has 0 bridgehead atoms. The predicted molar refractivity (Wildman–Crippen MR) is 125 cm³/mol. The molecule has 0 saturated carbocycles. The van der Waals surface area contributed by atoms with Crippen molar-refractivity contribution in [3.05, 3.63) is 120 Å². The molecular formula is C28H24O4. The van der Waals surface area contributed by atoms with Crippen molar-refractivity contribution < 1.29 is 19.1 Å². The Morgan fingerprint density at radius 3 is 1.94 bits per heavy atom. The standard InChI is InChI=1S/C28H24O4/c29-27(23-10-3-1-4-11-23)31-18-17-26(32-28(30)24-12-5-2-6-13-24)20-21-15-16-22-9-7-8-14-25(22)19-21/h1-16,19,26H,17-18,20H2. The van der Waals surface area contributed by atoms with E-state index in [0.29, 0.717) is 24.0 Å². The number of carbonyl (C=O) groups excluding carboxylic acids is 2. The minimum absolute atomic E-state index is 0.161. The molecule has 4 aromatic carbocycles. The molecule has 0 aromatic heterocycles. The first kappa shape index (κ1) is 21.3. The zero-order chi connectivity index (χ0) is 22.2. The molecular weight excluding hydrogens is 400 g/mol. The molecule has 4 aromatic rings. The molecule has 0 fully saturated rings. The second kappa shape index (κ2) is 10.4. The van der Waals surface area contributed by atoms with Crippen molar-refractivity contribution in [3.63, 3.8) is 0 Å². The fourth-order valence-electron chi connectivity index (χ4n) is 3.57. The number of hydrogen-bond donors (Lipinski definition) is 0. The van der Waals surface area contributed by atoms with Crippen LogP contribution in [0.2, 0.25) is 0 Å². The minimum Gasteiger partial charge on any atom is -0.462 e.